The number of hydrogen-bond donors (Lipinski definition) is 0. The largest absolute Gasteiger partial charge is 0.469 e. The molecule has 0 fully saturated rings. The predicted octanol–water partition coefficient (Wildman–Crippen LogP) is 0.311. The van der Waals surface area contributed by atoms with Crippen molar-refractivity contribution in [2.45, 2.75) is 13.3 Å². The molecule has 0 aromatic heterocycles. The Morgan fingerprint density at radius 3 is 1.64 bits per heavy atom. The van der Waals surface area contributed by atoms with E-state index in [9.17, 15) is 19.2 Å². The van der Waals surface area contributed by atoms with Crippen molar-refractivity contribution in [1.82, 2.24) is 0 Å². The van der Waals surface area contributed by atoms with Gasteiger partial charge in [0.05, 0.1) is 51.6 Å². The summed E-state index contributed by atoms with van der Waals surface area (Å²) in [7, 11) is 4.37. The minimum absolute atomic E-state index is 0.223. The first-order chi connectivity index (χ1) is 10.4. The molecule has 8 nitrogen and oxygen atoms in total. The molecule has 0 aromatic carbocycles. The van der Waals surface area contributed by atoms with E-state index in [1.807, 2.05) is 0 Å². The lowest BCUT2D eigenvalue weighted by Gasteiger charge is -2.13. The van der Waals surface area contributed by atoms with Gasteiger partial charge in [-0.05, 0) is 6.92 Å². The first kappa shape index (κ1) is 19.4. The minimum Gasteiger partial charge on any atom is -0.469 e. The Morgan fingerprint density at radius 1 is 0.773 bits per heavy atom. The van der Waals surface area contributed by atoms with Gasteiger partial charge >= 0.3 is 23.9 Å². The lowest BCUT2D eigenvalue weighted by atomic mass is 9.97. The van der Waals surface area contributed by atoms with Crippen LogP contribution < -0.4 is 0 Å². The van der Waals surface area contributed by atoms with Gasteiger partial charge in [-0.1, -0.05) is 6.08 Å². The fraction of sp³-hybridized carbons (Fsp3) is 0.429. The van der Waals surface area contributed by atoms with Crippen LogP contribution in [0.3, 0.4) is 0 Å². The third kappa shape index (κ3) is 4.72. The van der Waals surface area contributed by atoms with Crippen molar-refractivity contribution >= 4 is 23.9 Å². The lowest BCUT2D eigenvalue weighted by Crippen LogP contribution is -2.22. The molecular formula is C14H18O8. The molecule has 0 spiro atoms. The van der Waals surface area contributed by atoms with E-state index < -0.39 is 35.9 Å². The van der Waals surface area contributed by atoms with Crippen LogP contribution in [-0.4, -0.2) is 52.3 Å². The highest BCUT2D eigenvalue weighted by Gasteiger charge is 2.30. The molecule has 0 aliphatic heterocycles. The zero-order valence-electron chi connectivity index (χ0n) is 13.1. The predicted molar refractivity (Wildman–Crippen MR) is 73.5 cm³/mol. The number of rotatable bonds is 6. The van der Waals surface area contributed by atoms with Crippen LogP contribution in [0.2, 0.25) is 0 Å². The number of carbonyl (C=O) groups excluding carboxylic acids is 4. The van der Waals surface area contributed by atoms with Crippen molar-refractivity contribution in [3.63, 3.8) is 0 Å². The van der Waals surface area contributed by atoms with Crippen molar-refractivity contribution in [2.24, 2.45) is 0 Å². The van der Waals surface area contributed by atoms with E-state index in [0.29, 0.717) is 0 Å². The number of hydrogen-bond acceptors (Lipinski definition) is 8. The highest BCUT2D eigenvalue weighted by Crippen LogP contribution is 2.22. The Hall–Kier alpha value is -2.64. The van der Waals surface area contributed by atoms with Crippen LogP contribution in [0.4, 0.5) is 0 Å². The molecular weight excluding hydrogens is 296 g/mol. The van der Waals surface area contributed by atoms with Crippen molar-refractivity contribution in [2.75, 3.05) is 28.4 Å². The molecule has 122 valence electrons. The maximum absolute atomic E-state index is 12.0. The van der Waals surface area contributed by atoms with Crippen molar-refractivity contribution in [3.8, 4) is 0 Å². The van der Waals surface area contributed by atoms with Gasteiger partial charge in [-0.3, -0.25) is 4.79 Å². The Bertz CT molecular complexity index is 527. The Kier molecular flexibility index (Phi) is 8.21. The van der Waals surface area contributed by atoms with Gasteiger partial charge in [0.15, 0.2) is 0 Å². The van der Waals surface area contributed by atoms with Gasteiger partial charge in [-0.25, -0.2) is 14.4 Å². The average Bonchev–Trinajstić information content (AvgIpc) is 2.55. The van der Waals surface area contributed by atoms with E-state index in [4.69, 9.17) is 0 Å². The van der Waals surface area contributed by atoms with E-state index in [1.165, 1.54) is 13.0 Å². The zero-order valence-corrected chi connectivity index (χ0v) is 13.1. The Balaban J connectivity index is 6.33. The molecule has 0 heterocycles. The molecule has 0 aromatic rings. The lowest BCUT2D eigenvalue weighted by molar-refractivity contribution is -0.144. The second kappa shape index (κ2) is 9.32. The SMILES string of the molecule is C/C=C(C(=O)OC)\C(C(=O)OC)=C(/CC(=O)OC)C(=O)OC. The minimum atomic E-state index is -0.984. The monoisotopic (exact) mass is 314 g/mol. The zero-order chi connectivity index (χ0) is 17.3. The molecule has 22 heavy (non-hydrogen) atoms. The van der Waals surface area contributed by atoms with E-state index in [0.717, 1.165) is 28.4 Å². The molecule has 0 saturated heterocycles. The molecule has 8 heteroatoms. The molecule has 0 radical (unpaired) electrons. The van der Waals surface area contributed by atoms with Gasteiger partial charge in [-0.15, -0.1) is 0 Å². The van der Waals surface area contributed by atoms with Crippen LogP contribution in [0.5, 0.6) is 0 Å². The van der Waals surface area contributed by atoms with E-state index in [-0.39, 0.29) is 11.1 Å². The number of esters is 4. The second-order valence-electron chi connectivity index (χ2n) is 3.78. The normalized spacial score (nSPS) is 12.0. The van der Waals surface area contributed by atoms with Gasteiger partial charge in [0.2, 0.25) is 0 Å². The maximum Gasteiger partial charge on any atom is 0.339 e. The number of allylic oxidation sites excluding steroid dienone is 1. The summed E-state index contributed by atoms with van der Waals surface area (Å²) >= 11 is 0. The highest BCUT2D eigenvalue weighted by atomic mass is 16.5. The molecule has 0 unspecified atom stereocenters. The van der Waals surface area contributed by atoms with Crippen molar-refractivity contribution in [1.29, 1.82) is 0 Å². The first-order valence-electron chi connectivity index (χ1n) is 6.09. The van der Waals surface area contributed by atoms with E-state index >= 15 is 0 Å². The molecule has 0 aliphatic rings. The summed E-state index contributed by atoms with van der Waals surface area (Å²) in [6.07, 6.45) is 0.695. The molecule has 0 amide bonds. The van der Waals surface area contributed by atoms with Crippen LogP contribution in [0, 0.1) is 0 Å². The van der Waals surface area contributed by atoms with Gasteiger partial charge in [0, 0.05) is 0 Å². The summed E-state index contributed by atoms with van der Waals surface area (Å²) in [5.74, 6) is -3.60. The summed E-state index contributed by atoms with van der Waals surface area (Å²) < 4.78 is 18.2. The summed E-state index contributed by atoms with van der Waals surface area (Å²) in [4.78, 5) is 47.1. The van der Waals surface area contributed by atoms with Crippen LogP contribution >= 0.6 is 0 Å². The molecule has 0 aliphatic carbocycles. The summed E-state index contributed by atoms with van der Waals surface area (Å²) in [6, 6.07) is 0. The third-order valence-electron chi connectivity index (χ3n) is 2.64. The molecule has 0 atom stereocenters. The van der Waals surface area contributed by atoms with Gasteiger partial charge in [0.25, 0.3) is 0 Å². The van der Waals surface area contributed by atoms with Crippen LogP contribution in [-0.2, 0) is 38.1 Å². The number of carbonyl (C=O) groups is 4. The van der Waals surface area contributed by atoms with Crippen molar-refractivity contribution < 1.29 is 38.1 Å². The number of methoxy groups -OCH3 is 4. The number of ether oxygens (including phenoxy) is 4. The quantitative estimate of drug-likeness (QED) is 0.298. The first-order valence-corrected chi connectivity index (χ1v) is 6.09. The summed E-state index contributed by atoms with van der Waals surface area (Å²) in [5.41, 5.74) is -0.993. The van der Waals surface area contributed by atoms with Crippen LogP contribution in [0.25, 0.3) is 0 Å². The third-order valence-corrected chi connectivity index (χ3v) is 2.64. The van der Waals surface area contributed by atoms with E-state index in [1.54, 1.807) is 0 Å². The fourth-order valence-electron chi connectivity index (χ4n) is 1.57. The standard InChI is InChI=1S/C14H18O8/c1-6-8(12(16)20-3)11(14(18)22-5)9(13(17)21-4)7-10(15)19-2/h6H,7H2,1-5H3/b8-6+,11-9-. The summed E-state index contributed by atoms with van der Waals surface area (Å²) in [5, 5.41) is 0. The maximum atomic E-state index is 12.0. The molecule has 0 N–H and O–H groups in total. The molecule has 0 rings (SSSR count). The Morgan fingerprint density at radius 2 is 1.27 bits per heavy atom. The average molecular weight is 314 g/mol. The van der Waals surface area contributed by atoms with Gasteiger partial charge in [-0.2, -0.15) is 0 Å². The van der Waals surface area contributed by atoms with E-state index in [2.05, 4.69) is 18.9 Å². The van der Waals surface area contributed by atoms with Crippen LogP contribution in [0.1, 0.15) is 13.3 Å². The molecule has 0 saturated carbocycles. The Labute approximate surface area is 127 Å². The smallest absolute Gasteiger partial charge is 0.339 e. The second-order valence-corrected chi connectivity index (χ2v) is 3.78. The van der Waals surface area contributed by atoms with Gasteiger partial charge in [0.1, 0.15) is 0 Å². The van der Waals surface area contributed by atoms with Gasteiger partial charge < -0.3 is 18.9 Å². The fourth-order valence-corrected chi connectivity index (χ4v) is 1.57. The molecule has 0 bridgehead atoms. The summed E-state index contributed by atoms with van der Waals surface area (Å²) in [6.45, 7) is 1.46. The highest BCUT2D eigenvalue weighted by molar-refractivity contribution is 6.12. The van der Waals surface area contributed by atoms with Crippen molar-refractivity contribution in [3.05, 3.63) is 22.8 Å². The van der Waals surface area contributed by atoms with Crippen LogP contribution in [0.15, 0.2) is 22.8 Å². The topological polar surface area (TPSA) is 105 Å².